The quantitative estimate of drug-likeness (QED) is 0.682. The molecule has 24 heavy (non-hydrogen) atoms. The summed E-state index contributed by atoms with van der Waals surface area (Å²) in [5.41, 5.74) is 1.92. The van der Waals surface area contributed by atoms with Crippen LogP contribution in [0.2, 0.25) is 0 Å². The minimum atomic E-state index is 0.615. The van der Waals surface area contributed by atoms with Gasteiger partial charge in [-0.05, 0) is 6.42 Å². The first kappa shape index (κ1) is 16.9. The molecule has 0 amide bonds. The molecule has 0 aliphatic carbocycles. The summed E-state index contributed by atoms with van der Waals surface area (Å²) in [6, 6.07) is 12.0. The molecule has 1 atom stereocenters. The summed E-state index contributed by atoms with van der Waals surface area (Å²) in [6.45, 7) is 4.95. The lowest BCUT2D eigenvalue weighted by Crippen LogP contribution is -2.47. The van der Waals surface area contributed by atoms with Crippen LogP contribution >= 0.6 is 11.8 Å². The maximum absolute atomic E-state index is 5.45. The SMILES string of the molecule is CCC1CN(C(=NC)NCc2cc(-c3ccccc3)on2)CCS1. The smallest absolute Gasteiger partial charge is 0.194 e. The Morgan fingerprint density at radius 1 is 1.42 bits per heavy atom. The van der Waals surface area contributed by atoms with Gasteiger partial charge in [-0.3, -0.25) is 4.99 Å². The van der Waals surface area contributed by atoms with Gasteiger partial charge in [-0.15, -0.1) is 0 Å². The molecule has 6 heteroatoms. The van der Waals surface area contributed by atoms with Gasteiger partial charge in [-0.1, -0.05) is 42.4 Å². The van der Waals surface area contributed by atoms with Gasteiger partial charge < -0.3 is 14.7 Å². The van der Waals surface area contributed by atoms with Crippen LogP contribution in [0.4, 0.5) is 0 Å². The molecule has 0 radical (unpaired) electrons. The van der Waals surface area contributed by atoms with Gasteiger partial charge in [0.1, 0.15) is 5.69 Å². The lowest BCUT2D eigenvalue weighted by Gasteiger charge is -2.34. The molecule has 0 saturated carbocycles. The van der Waals surface area contributed by atoms with Crippen molar-refractivity contribution in [2.75, 3.05) is 25.9 Å². The zero-order valence-electron chi connectivity index (χ0n) is 14.2. The first-order valence-corrected chi connectivity index (χ1v) is 9.43. The lowest BCUT2D eigenvalue weighted by atomic mass is 10.2. The maximum Gasteiger partial charge on any atom is 0.194 e. The zero-order valence-corrected chi connectivity index (χ0v) is 15.1. The molecule has 1 saturated heterocycles. The molecule has 2 aromatic rings. The zero-order chi connectivity index (χ0) is 16.8. The van der Waals surface area contributed by atoms with Crippen LogP contribution in [0, 0.1) is 0 Å². The molecule has 1 aromatic heterocycles. The van der Waals surface area contributed by atoms with Gasteiger partial charge in [0, 0.05) is 42.8 Å². The molecule has 1 N–H and O–H groups in total. The number of nitrogens with one attached hydrogen (secondary N) is 1. The van der Waals surface area contributed by atoms with E-state index < -0.39 is 0 Å². The van der Waals surface area contributed by atoms with E-state index in [9.17, 15) is 0 Å². The Kier molecular flexibility index (Phi) is 5.80. The van der Waals surface area contributed by atoms with Crippen molar-refractivity contribution >= 4 is 17.7 Å². The Balaban J connectivity index is 1.59. The fraction of sp³-hybridized carbons (Fsp3) is 0.444. The van der Waals surface area contributed by atoms with Gasteiger partial charge in [0.15, 0.2) is 11.7 Å². The number of rotatable bonds is 4. The minimum absolute atomic E-state index is 0.615. The van der Waals surface area contributed by atoms with Crippen LogP contribution in [0.15, 0.2) is 45.9 Å². The average molecular weight is 344 g/mol. The Morgan fingerprint density at radius 2 is 2.25 bits per heavy atom. The van der Waals surface area contributed by atoms with Crippen molar-refractivity contribution in [2.45, 2.75) is 25.1 Å². The predicted molar refractivity (Wildman–Crippen MR) is 100 cm³/mol. The van der Waals surface area contributed by atoms with E-state index in [1.54, 1.807) is 0 Å². The van der Waals surface area contributed by atoms with E-state index in [-0.39, 0.29) is 0 Å². The molecular weight excluding hydrogens is 320 g/mol. The number of thioether (sulfide) groups is 1. The lowest BCUT2D eigenvalue weighted by molar-refractivity contribution is 0.402. The average Bonchev–Trinajstić information content (AvgIpc) is 3.12. The minimum Gasteiger partial charge on any atom is -0.356 e. The fourth-order valence-corrected chi connectivity index (χ4v) is 3.97. The molecular formula is C18H24N4OS. The summed E-state index contributed by atoms with van der Waals surface area (Å²) in [4.78, 5) is 6.76. The second-order valence-electron chi connectivity index (χ2n) is 5.80. The van der Waals surface area contributed by atoms with Crippen LogP contribution in [0.1, 0.15) is 19.0 Å². The Labute approximate surface area is 147 Å². The van der Waals surface area contributed by atoms with Crippen LogP contribution in [-0.2, 0) is 6.54 Å². The van der Waals surface area contributed by atoms with Gasteiger partial charge in [0.2, 0.25) is 0 Å². The highest BCUT2D eigenvalue weighted by atomic mass is 32.2. The Bertz CT molecular complexity index is 671. The van der Waals surface area contributed by atoms with Crippen LogP contribution in [0.3, 0.4) is 0 Å². The summed E-state index contributed by atoms with van der Waals surface area (Å²) in [5.74, 6) is 2.89. The van der Waals surface area contributed by atoms with E-state index in [4.69, 9.17) is 4.52 Å². The predicted octanol–water partition coefficient (Wildman–Crippen LogP) is 3.24. The van der Waals surface area contributed by atoms with Crippen molar-refractivity contribution in [3.8, 4) is 11.3 Å². The third kappa shape index (κ3) is 4.12. The number of aromatic nitrogens is 1. The highest BCUT2D eigenvalue weighted by Gasteiger charge is 2.21. The maximum atomic E-state index is 5.45. The normalized spacial score (nSPS) is 18.7. The molecule has 2 heterocycles. The third-order valence-corrected chi connectivity index (χ3v) is 5.52. The molecule has 3 rings (SSSR count). The fourth-order valence-electron chi connectivity index (χ4n) is 2.79. The van der Waals surface area contributed by atoms with E-state index in [0.717, 1.165) is 41.8 Å². The number of guanidine groups is 1. The molecule has 1 unspecified atom stereocenters. The number of nitrogens with zero attached hydrogens (tertiary/aromatic N) is 3. The second-order valence-corrected chi connectivity index (χ2v) is 7.20. The van der Waals surface area contributed by atoms with Crippen molar-refractivity contribution < 1.29 is 4.52 Å². The molecule has 0 bridgehead atoms. The van der Waals surface area contributed by atoms with Crippen LogP contribution in [0.25, 0.3) is 11.3 Å². The van der Waals surface area contributed by atoms with Crippen LogP contribution in [-0.4, -0.2) is 47.2 Å². The summed E-state index contributed by atoms with van der Waals surface area (Å²) in [6.07, 6.45) is 1.20. The van der Waals surface area contributed by atoms with Gasteiger partial charge in [0.25, 0.3) is 0 Å². The van der Waals surface area contributed by atoms with E-state index in [1.807, 2.05) is 43.4 Å². The third-order valence-electron chi connectivity index (χ3n) is 4.15. The van der Waals surface area contributed by atoms with Crippen molar-refractivity contribution in [1.29, 1.82) is 0 Å². The topological polar surface area (TPSA) is 53.7 Å². The number of benzene rings is 1. The highest BCUT2D eigenvalue weighted by Crippen LogP contribution is 2.22. The van der Waals surface area contributed by atoms with E-state index in [2.05, 4.69) is 39.1 Å². The highest BCUT2D eigenvalue weighted by molar-refractivity contribution is 8.00. The van der Waals surface area contributed by atoms with E-state index in [0.29, 0.717) is 11.8 Å². The summed E-state index contributed by atoms with van der Waals surface area (Å²) >= 11 is 2.06. The largest absolute Gasteiger partial charge is 0.356 e. The number of hydrogen-bond acceptors (Lipinski definition) is 4. The number of aliphatic imine (C=N–C) groups is 1. The van der Waals surface area contributed by atoms with Gasteiger partial charge in [-0.25, -0.2) is 0 Å². The van der Waals surface area contributed by atoms with Gasteiger partial charge in [0.05, 0.1) is 6.54 Å². The van der Waals surface area contributed by atoms with E-state index >= 15 is 0 Å². The summed E-state index contributed by atoms with van der Waals surface area (Å²) < 4.78 is 5.45. The monoisotopic (exact) mass is 344 g/mol. The Morgan fingerprint density at radius 3 is 3.00 bits per heavy atom. The van der Waals surface area contributed by atoms with Crippen molar-refractivity contribution in [3.05, 3.63) is 42.1 Å². The Hall–Kier alpha value is -1.95. The number of hydrogen-bond donors (Lipinski definition) is 1. The molecule has 0 spiro atoms. The second kappa shape index (κ2) is 8.24. The summed E-state index contributed by atoms with van der Waals surface area (Å²) in [7, 11) is 1.84. The van der Waals surface area contributed by atoms with E-state index in [1.165, 1.54) is 6.42 Å². The molecule has 128 valence electrons. The van der Waals surface area contributed by atoms with Crippen molar-refractivity contribution in [1.82, 2.24) is 15.4 Å². The van der Waals surface area contributed by atoms with Crippen LogP contribution in [0.5, 0.6) is 0 Å². The van der Waals surface area contributed by atoms with Gasteiger partial charge >= 0.3 is 0 Å². The summed E-state index contributed by atoms with van der Waals surface area (Å²) in [5, 5.41) is 8.26. The molecule has 1 aliphatic heterocycles. The molecule has 1 fully saturated rings. The van der Waals surface area contributed by atoms with Crippen LogP contribution < -0.4 is 5.32 Å². The first-order valence-electron chi connectivity index (χ1n) is 8.38. The molecule has 1 aliphatic rings. The molecule has 1 aromatic carbocycles. The molecule has 5 nitrogen and oxygen atoms in total. The van der Waals surface area contributed by atoms with Crippen molar-refractivity contribution in [3.63, 3.8) is 0 Å². The van der Waals surface area contributed by atoms with Crippen molar-refractivity contribution in [2.24, 2.45) is 4.99 Å². The first-order chi connectivity index (χ1) is 11.8. The standard InChI is InChI=1S/C18H24N4OS/c1-3-16-13-22(9-10-24-16)18(19-2)20-12-15-11-17(23-21-15)14-7-5-4-6-8-14/h4-8,11,16H,3,9-10,12-13H2,1-2H3,(H,19,20). The van der Waals surface area contributed by atoms with Gasteiger partial charge in [-0.2, -0.15) is 11.8 Å².